The zero-order chi connectivity index (χ0) is 12.5. The van der Waals surface area contributed by atoms with E-state index in [9.17, 15) is 10.0 Å². The molecule has 2 unspecified atom stereocenters. The summed E-state index contributed by atoms with van der Waals surface area (Å²) in [4.78, 5) is 10.7. The van der Waals surface area contributed by atoms with Crippen molar-refractivity contribution >= 4 is 6.03 Å². The Morgan fingerprint density at radius 2 is 2.18 bits per heavy atom. The van der Waals surface area contributed by atoms with Crippen LogP contribution < -0.4 is 5.73 Å². The van der Waals surface area contributed by atoms with Crippen molar-refractivity contribution in [3.63, 3.8) is 0 Å². The Balaban J connectivity index is 1.90. The molecule has 2 rings (SSSR count). The Morgan fingerprint density at radius 1 is 1.53 bits per heavy atom. The van der Waals surface area contributed by atoms with Crippen LogP contribution in [0.5, 0.6) is 0 Å². The maximum absolute atomic E-state index is 10.7. The summed E-state index contributed by atoms with van der Waals surface area (Å²) in [6, 6.07) is 9.55. The predicted molar refractivity (Wildman–Crippen MR) is 64.6 cm³/mol. The number of nitrogens with zero attached hydrogens (tertiary/aromatic N) is 1. The van der Waals surface area contributed by atoms with Crippen LogP contribution in [0.4, 0.5) is 4.79 Å². The Kier molecular flexibility index (Phi) is 3.07. The van der Waals surface area contributed by atoms with Crippen molar-refractivity contribution in [2.75, 3.05) is 6.54 Å². The van der Waals surface area contributed by atoms with Crippen molar-refractivity contribution in [1.82, 2.24) is 5.06 Å². The van der Waals surface area contributed by atoms with E-state index in [-0.39, 0.29) is 5.41 Å². The fourth-order valence-corrected chi connectivity index (χ4v) is 2.36. The monoisotopic (exact) mass is 234 g/mol. The van der Waals surface area contributed by atoms with E-state index in [2.05, 4.69) is 19.1 Å². The molecule has 1 aromatic rings. The fraction of sp³-hybridized carbons (Fsp3) is 0.462. The van der Waals surface area contributed by atoms with Crippen molar-refractivity contribution in [2.45, 2.75) is 25.7 Å². The Labute approximate surface area is 101 Å². The summed E-state index contributed by atoms with van der Waals surface area (Å²) in [7, 11) is 0. The van der Waals surface area contributed by atoms with Gasteiger partial charge in [-0.3, -0.25) is 5.21 Å². The SMILES string of the molecule is CC1(CCN(O)C(N)=O)CC1c1ccccc1. The van der Waals surface area contributed by atoms with Gasteiger partial charge in [0.1, 0.15) is 0 Å². The number of hydroxylamine groups is 2. The number of rotatable bonds is 4. The van der Waals surface area contributed by atoms with E-state index in [0.717, 1.165) is 12.8 Å². The van der Waals surface area contributed by atoms with Crippen LogP contribution in [0.15, 0.2) is 30.3 Å². The number of benzene rings is 1. The molecular formula is C13H18N2O2. The number of amides is 2. The van der Waals surface area contributed by atoms with Gasteiger partial charge in [-0.2, -0.15) is 0 Å². The Bertz CT molecular complexity index is 407. The van der Waals surface area contributed by atoms with Crippen molar-refractivity contribution in [2.24, 2.45) is 11.1 Å². The normalized spacial score (nSPS) is 26.6. The van der Waals surface area contributed by atoms with Crippen LogP contribution in [0.2, 0.25) is 0 Å². The summed E-state index contributed by atoms with van der Waals surface area (Å²) in [5.74, 6) is 0.532. The quantitative estimate of drug-likeness (QED) is 0.620. The predicted octanol–water partition coefficient (Wildman–Crippen LogP) is 2.34. The van der Waals surface area contributed by atoms with Gasteiger partial charge < -0.3 is 5.73 Å². The molecule has 3 N–H and O–H groups in total. The van der Waals surface area contributed by atoms with Crippen LogP contribution in [-0.2, 0) is 0 Å². The van der Waals surface area contributed by atoms with Gasteiger partial charge in [0.05, 0.1) is 6.54 Å². The lowest BCUT2D eigenvalue weighted by Gasteiger charge is -2.16. The Morgan fingerprint density at radius 3 is 2.76 bits per heavy atom. The van der Waals surface area contributed by atoms with Gasteiger partial charge in [0.25, 0.3) is 0 Å². The second kappa shape index (κ2) is 4.37. The summed E-state index contributed by atoms with van der Waals surface area (Å²) < 4.78 is 0. The molecular weight excluding hydrogens is 216 g/mol. The lowest BCUT2D eigenvalue weighted by molar-refractivity contribution is -0.0434. The fourth-order valence-electron chi connectivity index (χ4n) is 2.36. The average molecular weight is 234 g/mol. The number of nitrogens with two attached hydrogens (primary N) is 1. The van der Waals surface area contributed by atoms with Gasteiger partial charge in [-0.15, -0.1) is 0 Å². The molecule has 0 saturated heterocycles. The van der Waals surface area contributed by atoms with Gasteiger partial charge in [0.2, 0.25) is 0 Å². The van der Waals surface area contributed by atoms with Crippen molar-refractivity contribution < 1.29 is 10.0 Å². The molecule has 2 amide bonds. The zero-order valence-corrected chi connectivity index (χ0v) is 9.97. The van der Waals surface area contributed by atoms with E-state index in [1.807, 2.05) is 18.2 Å². The lowest BCUT2D eigenvalue weighted by atomic mass is 9.97. The number of carbonyl (C=O) groups excluding carboxylic acids is 1. The highest BCUT2D eigenvalue weighted by Gasteiger charge is 2.50. The average Bonchev–Trinajstić information content (AvgIpc) is 3.00. The summed E-state index contributed by atoms with van der Waals surface area (Å²) in [5.41, 5.74) is 6.48. The van der Waals surface area contributed by atoms with E-state index in [4.69, 9.17) is 5.73 Å². The molecule has 0 spiro atoms. The molecule has 0 aromatic heterocycles. The van der Waals surface area contributed by atoms with Gasteiger partial charge in [0.15, 0.2) is 0 Å². The van der Waals surface area contributed by atoms with E-state index in [1.165, 1.54) is 5.56 Å². The minimum absolute atomic E-state index is 0.178. The maximum atomic E-state index is 10.7. The summed E-state index contributed by atoms with van der Waals surface area (Å²) in [5, 5.41) is 9.82. The van der Waals surface area contributed by atoms with E-state index < -0.39 is 6.03 Å². The highest BCUT2D eigenvalue weighted by molar-refractivity contribution is 5.70. The van der Waals surface area contributed by atoms with Crippen LogP contribution in [0.3, 0.4) is 0 Å². The van der Waals surface area contributed by atoms with Crippen molar-refractivity contribution in [3.8, 4) is 0 Å². The molecule has 92 valence electrons. The molecule has 2 atom stereocenters. The summed E-state index contributed by atoms with van der Waals surface area (Å²) in [6.45, 7) is 2.48. The third kappa shape index (κ3) is 2.58. The van der Waals surface area contributed by atoms with Crippen LogP contribution >= 0.6 is 0 Å². The number of hydrogen-bond acceptors (Lipinski definition) is 2. The molecule has 0 bridgehead atoms. The molecule has 1 aliphatic rings. The third-order valence-electron chi connectivity index (χ3n) is 3.70. The molecule has 1 aliphatic carbocycles. The highest BCUT2D eigenvalue weighted by Crippen LogP contribution is 2.61. The third-order valence-corrected chi connectivity index (χ3v) is 3.70. The lowest BCUT2D eigenvalue weighted by Crippen LogP contribution is -2.34. The summed E-state index contributed by atoms with van der Waals surface area (Å²) >= 11 is 0. The van der Waals surface area contributed by atoms with Crippen molar-refractivity contribution in [1.29, 1.82) is 0 Å². The first kappa shape index (κ1) is 11.9. The van der Waals surface area contributed by atoms with Crippen LogP contribution in [0.1, 0.15) is 31.2 Å². The molecule has 1 fully saturated rings. The molecule has 17 heavy (non-hydrogen) atoms. The smallest absolute Gasteiger partial charge is 0.338 e. The molecule has 1 aromatic carbocycles. The van der Waals surface area contributed by atoms with Crippen LogP contribution in [0.25, 0.3) is 0 Å². The maximum Gasteiger partial charge on any atom is 0.338 e. The van der Waals surface area contributed by atoms with Gasteiger partial charge in [-0.05, 0) is 29.7 Å². The first-order valence-electron chi connectivity index (χ1n) is 5.84. The highest BCUT2D eigenvalue weighted by atomic mass is 16.5. The van der Waals surface area contributed by atoms with Crippen molar-refractivity contribution in [3.05, 3.63) is 35.9 Å². The van der Waals surface area contributed by atoms with E-state index in [0.29, 0.717) is 17.5 Å². The summed E-state index contributed by atoms with van der Waals surface area (Å²) in [6.07, 6.45) is 1.87. The minimum atomic E-state index is -0.787. The second-order valence-electron chi connectivity index (χ2n) is 5.03. The number of urea groups is 1. The first-order chi connectivity index (χ1) is 8.03. The standard InChI is InChI=1S/C13H18N2O2/c1-13(7-8-15(17)12(14)16)9-11(13)10-5-3-2-4-6-10/h2-6,11,17H,7-9H2,1H3,(H2,14,16). The Hall–Kier alpha value is -1.55. The van der Waals surface area contributed by atoms with Gasteiger partial charge in [0, 0.05) is 0 Å². The molecule has 4 nitrogen and oxygen atoms in total. The molecule has 0 aliphatic heterocycles. The number of carbonyl (C=O) groups is 1. The van der Waals surface area contributed by atoms with E-state index >= 15 is 0 Å². The first-order valence-corrected chi connectivity index (χ1v) is 5.84. The van der Waals surface area contributed by atoms with Crippen LogP contribution in [-0.4, -0.2) is 22.8 Å². The van der Waals surface area contributed by atoms with Gasteiger partial charge in [-0.25, -0.2) is 9.86 Å². The van der Waals surface area contributed by atoms with Gasteiger partial charge in [-0.1, -0.05) is 37.3 Å². The van der Waals surface area contributed by atoms with Crippen LogP contribution in [0, 0.1) is 5.41 Å². The molecule has 1 saturated carbocycles. The molecule has 4 heteroatoms. The largest absolute Gasteiger partial charge is 0.350 e. The van der Waals surface area contributed by atoms with E-state index in [1.54, 1.807) is 0 Å². The molecule has 0 heterocycles. The number of primary amides is 1. The zero-order valence-electron chi connectivity index (χ0n) is 9.97. The minimum Gasteiger partial charge on any atom is -0.350 e. The van der Waals surface area contributed by atoms with Gasteiger partial charge >= 0.3 is 6.03 Å². The topological polar surface area (TPSA) is 66.6 Å². The number of hydrogen-bond donors (Lipinski definition) is 2. The second-order valence-corrected chi connectivity index (χ2v) is 5.03. The molecule has 0 radical (unpaired) electrons.